The van der Waals surface area contributed by atoms with Gasteiger partial charge in [0.2, 0.25) is 5.91 Å². The summed E-state index contributed by atoms with van der Waals surface area (Å²) in [6.07, 6.45) is 8.73. The number of para-hydroxylation sites is 1. The molecule has 1 aliphatic heterocycles. The molecule has 1 aromatic heterocycles. The van der Waals surface area contributed by atoms with Crippen molar-refractivity contribution in [1.29, 1.82) is 0 Å². The first-order valence-corrected chi connectivity index (χ1v) is 10.1. The molecule has 0 saturated carbocycles. The van der Waals surface area contributed by atoms with Gasteiger partial charge < -0.3 is 9.80 Å². The number of carbonyl (C=O) groups is 2. The van der Waals surface area contributed by atoms with Crippen LogP contribution in [0, 0.1) is 6.92 Å². The lowest BCUT2D eigenvalue weighted by atomic mass is 10.1. The van der Waals surface area contributed by atoms with Crippen molar-refractivity contribution >= 4 is 17.5 Å². The first-order chi connectivity index (χ1) is 13.6. The Morgan fingerprint density at radius 3 is 2.43 bits per heavy atom. The molecule has 2 heterocycles. The molecule has 148 valence electrons. The minimum absolute atomic E-state index is 0.0288. The van der Waals surface area contributed by atoms with E-state index in [0.29, 0.717) is 12.1 Å². The van der Waals surface area contributed by atoms with E-state index in [1.807, 2.05) is 41.0 Å². The molecule has 0 fully saturated rings. The van der Waals surface area contributed by atoms with Crippen molar-refractivity contribution in [3.8, 4) is 0 Å². The van der Waals surface area contributed by atoms with Gasteiger partial charge in [0.1, 0.15) is 0 Å². The van der Waals surface area contributed by atoms with Crippen LogP contribution in [0.2, 0.25) is 0 Å². The van der Waals surface area contributed by atoms with E-state index in [-0.39, 0.29) is 11.8 Å². The lowest BCUT2D eigenvalue weighted by Gasteiger charge is -2.29. The van der Waals surface area contributed by atoms with Crippen LogP contribution in [0.15, 0.2) is 42.7 Å². The van der Waals surface area contributed by atoms with Crippen LogP contribution >= 0.6 is 0 Å². The maximum atomic E-state index is 13.3. The highest BCUT2D eigenvalue weighted by Crippen LogP contribution is 2.25. The van der Waals surface area contributed by atoms with Gasteiger partial charge in [-0.1, -0.05) is 37.5 Å². The third-order valence-electron chi connectivity index (χ3n) is 5.37. The van der Waals surface area contributed by atoms with Gasteiger partial charge in [-0.15, -0.1) is 0 Å². The van der Waals surface area contributed by atoms with Gasteiger partial charge in [-0.05, 0) is 43.0 Å². The number of pyridine rings is 1. The van der Waals surface area contributed by atoms with Crippen LogP contribution in [-0.4, -0.2) is 34.8 Å². The van der Waals surface area contributed by atoms with Crippen LogP contribution in [0.25, 0.3) is 0 Å². The van der Waals surface area contributed by atoms with Crippen LogP contribution in [0.5, 0.6) is 0 Å². The molecule has 0 saturated heterocycles. The number of rotatable bonds is 1. The van der Waals surface area contributed by atoms with Gasteiger partial charge in [-0.25, -0.2) is 0 Å². The van der Waals surface area contributed by atoms with E-state index in [2.05, 4.69) is 4.98 Å². The molecule has 5 heteroatoms. The standard InChI is InChI=1S/C23H29N3O2/c1-18-16-24-13-12-21(18)23(28)25-14-8-4-3-5-9-15-26(19(2)27)22-11-7-6-10-20(22)17-25/h6-7,10-13,16H,3-5,8-9,14-15,17H2,1-2H3. The van der Waals surface area contributed by atoms with Crippen molar-refractivity contribution in [2.45, 2.75) is 52.5 Å². The van der Waals surface area contributed by atoms with Crippen molar-refractivity contribution in [2.75, 3.05) is 18.0 Å². The molecule has 0 atom stereocenters. The second-order valence-electron chi connectivity index (χ2n) is 7.48. The Bertz CT molecular complexity index is 834. The number of fused-ring (bicyclic) bond motifs is 1. The Morgan fingerprint density at radius 2 is 1.68 bits per heavy atom. The molecular weight excluding hydrogens is 350 g/mol. The van der Waals surface area contributed by atoms with Gasteiger partial charge in [0.15, 0.2) is 0 Å². The minimum atomic E-state index is 0.0288. The van der Waals surface area contributed by atoms with Gasteiger partial charge in [0.05, 0.1) is 0 Å². The number of hydrogen-bond acceptors (Lipinski definition) is 3. The average molecular weight is 380 g/mol. The molecule has 1 aromatic carbocycles. The summed E-state index contributed by atoms with van der Waals surface area (Å²) in [7, 11) is 0. The van der Waals surface area contributed by atoms with E-state index in [0.717, 1.165) is 62.0 Å². The highest BCUT2D eigenvalue weighted by atomic mass is 16.2. The molecule has 0 radical (unpaired) electrons. The first-order valence-electron chi connectivity index (χ1n) is 10.1. The van der Waals surface area contributed by atoms with E-state index < -0.39 is 0 Å². The zero-order chi connectivity index (χ0) is 19.9. The van der Waals surface area contributed by atoms with E-state index in [1.165, 1.54) is 0 Å². The van der Waals surface area contributed by atoms with Gasteiger partial charge in [-0.2, -0.15) is 0 Å². The number of benzene rings is 1. The summed E-state index contributed by atoms with van der Waals surface area (Å²) in [6, 6.07) is 9.74. The summed E-state index contributed by atoms with van der Waals surface area (Å²) in [5, 5.41) is 0. The molecule has 0 bridgehead atoms. The molecule has 0 N–H and O–H groups in total. The monoisotopic (exact) mass is 379 g/mol. The predicted molar refractivity (Wildman–Crippen MR) is 111 cm³/mol. The van der Waals surface area contributed by atoms with Gasteiger partial charge in [0, 0.05) is 50.2 Å². The maximum Gasteiger partial charge on any atom is 0.254 e. The highest BCUT2D eigenvalue weighted by molar-refractivity contribution is 5.96. The second-order valence-corrected chi connectivity index (χ2v) is 7.48. The lowest BCUT2D eigenvalue weighted by Crippen LogP contribution is -2.35. The molecule has 3 rings (SSSR count). The number of aryl methyl sites for hydroxylation is 1. The maximum absolute atomic E-state index is 13.3. The second kappa shape index (κ2) is 9.49. The zero-order valence-electron chi connectivity index (χ0n) is 16.9. The van der Waals surface area contributed by atoms with Crippen LogP contribution < -0.4 is 4.90 Å². The van der Waals surface area contributed by atoms with Crippen LogP contribution in [0.1, 0.15) is 60.5 Å². The SMILES string of the molecule is CC(=O)N1CCCCCCCN(C(=O)c2ccncc2C)Cc2ccccc21. The van der Waals surface area contributed by atoms with E-state index in [1.54, 1.807) is 25.4 Å². The highest BCUT2D eigenvalue weighted by Gasteiger charge is 2.22. The van der Waals surface area contributed by atoms with Gasteiger partial charge >= 0.3 is 0 Å². The Hall–Kier alpha value is -2.69. The zero-order valence-corrected chi connectivity index (χ0v) is 16.9. The number of aromatic nitrogens is 1. The van der Waals surface area contributed by atoms with E-state index in [9.17, 15) is 9.59 Å². The van der Waals surface area contributed by atoms with Gasteiger partial charge in [0.25, 0.3) is 5.91 Å². The van der Waals surface area contributed by atoms with Crippen molar-refractivity contribution in [1.82, 2.24) is 9.88 Å². The third-order valence-corrected chi connectivity index (χ3v) is 5.37. The van der Waals surface area contributed by atoms with Crippen LogP contribution in [0.4, 0.5) is 5.69 Å². The number of hydrogen-bond donors (Lipinski definition) is 0. The topological polar surface area (TPSA) is 53.5 Å². The summed E-state index contributed by atoms with van der Waals surface area (Å²) >= 11 is 0. The Balaban J connectivity index is 1.95. The fourth-order valence-electron chi connectivity index (χ4n) is 3.80. The molecule has 28 heavy (non-hydrogen) atoms. The quantitative estimate of drug-likeness (QED) is 0.740. The molecule has 0 aliphatic carbocycles. The fourth-order valence-corrected chi connectivity index (χ4v) is 3.80. The van der Waals surface area contributed by atoms with E-state index >= 15 is 0 Å². The smallest absolute Gasteiger partial charge is 0.254 e. The Kier molecular flexibility index (Phi) is 6.80. The van der Waals surface area contributed by atoms with Crippen molar-refractivity contribution in [2.24, 2.45) is 0 Å². The van der Waals surface area contributed by atoms with Gasteiger partial charge in [-0.3, -0.25) is 14.6 Å². The van der Waals surface area contributed by atoms with Crippen molar-refractivity contribution in [3.63, 3.8) is 0 Å². The Labute approximate surface area is 167 Å². The number of anilines is 1. The van der Waals surface area contributed by atoms with E-state index in [4.69, 9.17) is 0 Å². The molecule has 0 unspecified atom stereocenters. The predicted octanol–water partition coefficient (Wildman–Crippen LogP) is 4.35. The van der Waals surface area contributed by atoms with Crippen molar-refractivity contribution in [3.05, 3.63) is 59.4 Å². The van der Waals surface area contributed by atoms with Crippen molar-refractivity contribution < 1.29 is 9.59 Å². The molecule has 2 aromatic rings. The number of amides is 2. The number of nitrogens with zero attached hydrogens (tertiary/aromatic N) is 3. The normalized spacial score (nSPS) is 15.9. The molecule has 2 amide bonds. The molecule has 5 nitrogen and oxygen atoms in total. The summed E-state index contributed by atoms with van der Waals surface area (Å²) < 4.78 is 0. The largest absolute Gasteiger partial charge is 0.334 e. The summed E-state index contributed by atoms with van der Waals surface area (Å²) in [5.41, 5.74) is 3.51. The van der Waals surface area contributed by atoms with Crippen LogP contribution in [0.3, 0.4) is 0 Å². The average Bonchev–Trinajstić information content (AvgIpc) is 2.68. The fraction of sp³-hybridized carbons (Fsp3) is 0.435. The number of carbonyl (C=O) groups excluding carboxylic acids is 2. The molecule has 0 spiro atoms. The van der Waals surface area contributed by atoms with Crippen LogP contribution in [-0.2, 0) is 11.3 Å². The Morgan fingerprint density at radius 1 is 0.964 bits per heavy atom. The summed E-state index contributed by atoms with van der Waals surface area (Å²) in [5.74, 6) is 0.0773. The molecular formula is C23H29N3O2. The minimum Gasteiger partial charge on any atom is -0.334 e. The molecule has 1 aliphatic rings. The lowest BCUT2D eigenvalue weighted by molar-refractivity contribution is -0.116. The first kappa shape index (κ1) is 20.1. The third kappa shape index (κ3) is 4.77. The summed E-state index contributed by atoms with van der Waals surface area (Å²) in [6.45, 7) is 5.48. The summed E-state index contributed by atoms with van der Waals surface area (Å²) in [4.78, 5) is 33.5.